The third kappa shape index (κ3) is 3.15. The van der Waals surface area contributed by atoms with E-state index >= 15 is 0 Å². The van der Waals surface area contributed by atoms with Gasteiger partial charge in [0.1, 0.15) is 17.1 Å². The summed E-state index contributed by atoms with van der Waals surface area (Å²) >= 11 is 0. The Bertz CT molecular complexity index is 1900. The molecule has 36 heavy (non-hydrogen) atoms. The van der Waals surface area contributed by atoms with Crippen molar-refractivity contribution in [3.05, 3.63) is 103 Å². The summed E-state index contributed by atoms with van der Waals surface area (Å²) in [6, 6.07) is 26.6. The number of hydrogen-bond acceptors (Lipinski definition) is 4. The van der Waals surface area contributed by atoms with E-state index in [1.807, 2.05) is 47.3 Å². The van der Waals surface area contributed by atoms with Gasteiger partial charge in [0, 0.05) is 29.2 Å². The molecule has 174 valence electrons. The first-order valence-electron chi connectivity index (χ1n) is 12.1. The van der Waals surface area contributed by atoms with E-state index in [1.54, 1.807) is 12.4 Å². The van der Waals surface area contributed by atoms with Gasteiger partial charge in [0.05, 0.1) is 34.0 Å². The van der Waals surface area contributed by atoms with Gasteiger partial charge in [0.15, 0.2) is 0 Å². The van der Waals surface area contributed by atoms with E-state index in [9.17, 15) is 0 Å². The Morgan fingerprint density at radius 1 is 0.833 bits per heavy atom. The third-order valence-corrected chi connectivity index (χ3v) is 6.66. The maximum absolute atomic E-state index is 6.30. The molecule has 0 N–H and O–H groups in total. The molecular weight excluding hydrogens is 446 g/mol. The Morgan fingerprint density at radius 3 is 2.56 bits per heavy atom. The van der Waals surface area contributed by atoms with E-state index in [0.29, 0.717) is 11.7 Å². The lowest BCUT2D eigenvalue weighted by atomic mass is 9.96. The molecule has 0 saturated heterocycles. The summed E-state index contributed by atoms with van der Waals surface area (Å²) in [7, 11) is 0. The molecule has 7 aromatic rings. The van der Waals surface area contributed by atoms with Crippen molar-refractivity contribution in [2.24, 2.45) is 0 Å². The first-order valence-corrected chi connectivity index (χ1v) is 12.1. The number of para-hydroxylation sites is 2. The average molecular weight is 470 g/mol. The standard InChI is InChI=1S/C30H23N5O/c1-19(2)23-10-6-13-27-28(23)29-24(30-33-25-11-3-4-12-26(25)35(27)30)17-22(18-31-29)36-21-9-5-8-20(16-21)34-15-7-14-32-34/h3-19H,1-2H3. The molecule has 0 aliphatic heterocycles. The van der Waals surface area contributed by atoms with Gasteiger partial charge >= 0.3 is 0 Å². The van der Waals surface area contributed by atoms with Crippen LogP contribution in [-0.2, 0) is 0 Å². The van der Waals surface area contributed by atoms with Crippen LogP contribution in [0.2, 0.25) is 0 Å². The second-order valence-electron chi connectivity index (χ2n) is 9.27. The maximum atomic E-state index is 6.30. The molecule has 6 nitrogen and oxygen atoms in total. The predicted molar refractivity (Wildman–Crippen MR) is 143 cm³/mol. The normalized spacial score (nSPS) is 11.9. The van der Waals surface area contributed by atoms with E-state index in [0.717, 1.165) is 49.9 Å². The quantitative estimate of drug-likeness (QED) is 0.254. The third-order valence-electron chi connectivity index (χ3n) is 6.66. The number of nitrogens with zero attached hydrogens (tertiary/aromatic N) is 5. The fourth-order valence-electron chi connectivity index (χ4n) is 5.05. The number of aromatic nitrogens is 5. The highest BCUT2D eigenvalue weighted by Crippen LogP contribution is 2.37. The molecule has 3 aromatic carbocycles. The molecule has 0 aliphatic rings. The van der Waals surface area contributed by atoms with Gasteiger partial charge in [-0.05, 0) is 53.9 Å². The molecule has 0 spiro atoms. The van der Waals surface area contributed by atoms with Crippen LogP contribution in [-0.4, -0.2) is 24.1 Å². The minimum atomic E-state index is 0.354. The number of hydrogen-bond donors (Lipinski definition) is 0. The number of benzene rings is 3. The van der Waals surface area contributed by atoms with Crippen LogP contribution in [0.15, 0.2) is 97.5 Å². The van der Waals surface area contributed by atoms with Crippen molar-refractivity contribution < 1.29 is 4.74 Å². The van der Waals surface area contributed by atoms with E-state index in [-0.39, 0.29) is 0 Å². The highest BCUT2D eigenvalue weighted by atomic mass is 16.5. The van der Waals surface area contributed by atoms with Crippen molar-refractivity contribution in [2.45, 2.75) is 19.8 Å². The predicted octanol–water partition coefficient (Wildman–Crippen LogP) is 7.29. The van der Waals surface area contributed by atoms with Crippen molar-refractivity contribution in [1.82, 2.24) is 24.1 Å². The lowest BCUT2D eigenvalue weighted by Crippen LogP contribution is -1.98. The fourth-order valence-corrected chi connectivity index (χ4v) is 5.05. The molecule has 0 fully saturated rings. The van der Waals surface area contributed by atoms with Gasteiger partial charge in [-0.15, -0.1) is 0 Å². The molecule has 0 atom stereocenters. The first-order chi connectivity index (χ1) is 17.7. The molecule has 6 heteroatoms. The van der Waals surface area contributed by atoms with Crippen LogP contribution in [0.3, 0.4) is 0 Å². The summed E-state index contributed by atoms with van der Waals surface area (Å²) in [5, 5.41) is 6.44. The van der Waals surface area contributed by atoms with Crippen LogP contribution in [0.5, 0.6) is 11.5 Å². The van der Waals surface area contributed by atoms with Crippen LogP contribution in [0, 0.1) is 0 Å². The lowest BCUT2D eigenvalue weighted by molar-refractivity contribution is 0.481. The average Bonchev–Trinajstić information content (AvgIpc) is 3.57. The Labute approximate surface area is 207 Å². The van der Waals surface area contributed by atoms with Crippen LogP contribution >= 0.6 is 0 Å². The van der Waals surface area contributed by atoms with Crippen molar-refractivity contribution >= 4 is 38.5 Å². The second-order valence-corrected chi connectivity index (χ2v) is 9.27. The maximum Gasteiger partial charge on any atom is 0.148 e. The second kappa shape index (κ2) is 7.92. The molecule has 7 rings (SSSR count). The SMILES string of the molecule is CC(C)c1cccc2c1c1ncc(Oc3cccc(-n4cccn4)c3)cc1c1nc3ccccc3n21. The molecule has 4 aromatic heterocycles. The number of fused-ring (bicyclic) bond motifs is 8. The van der Waals surface area contributed by atoms with Crippen molar-refractivity contribution in [3.8, 4) is 17.2 Å². The van der Waals surface area contributed by atoms with E-state index < -0.39 is 0 Å². The fraction of sp³-hybridized carbons (Fsp3) is 0.100. The molecule has 4 heterocycles. The molecule has 0 amide bonds. The van der Waals surface area contributed by atoms with Gasteiger partial charge in [-0.3, -0.25) is 9.38 Å². The smallest absolute Gasteiger partial charge is 0.148 e. The molecular formula is C30H23N5O. The zero-order valence-electron chi connectivity index (χ0n) is 20.0. The minimum Gasteiger partial charge on any atom is -0.456 e. The number of ether oxygens (including phenoxy) is 1. The summed E-state index contributed by atoms with van der Waals surface area (Å²) in [4.78, 5) is 9.97. The van der Waals surface area contributed by atoms with E-state index in [2.05, 4.69) is 65.8 Å². The van der Waals surface area contributed by atoms with Gasteiger partial charge in [-0.1, -0.05) is 44.2 Å². The van der Waals surface area contributed by atoms with E-state index in [4.69, 9.17) is 14.7 Å². The summed E-state index contributed by atoms with van der Waals surface area (Å²) in [5.41, 5.74) is 7.17. The highest BCUT2D eigenvalue weighted by molar-refractivity contribution is 6.13. The van der Waals surface area contributed by atoms with Gasteiger partial charge < -0.3 is 4.74 Å². The van der Waals surface area contributed by atoms with Gasteiger partial charge in [-0.25, -0.2) is 9.67 Å². The summed E-state index contributed by atoms with van der Waals surface area (Å²) in [5.74, 6) is 1.74. The van der Waals surface area contributed by atoms with Crippen LogP contribution in [0.4, 0.5) is 0 Å². The Balaban J connectivity index is 1.48. The molecule has 0 saturated carbocycles. The molecule has 0 bridgehead atoms. The van der Waals surface area contributed by atoms with Crippen molar-refractivity contribution in [3.63, 3.8) is 0 Å². The summed E-state index contributed by atoms with van der Waals surface area (Å²) in [6.07, 6.45) is 5.47. The number of imidazole rings is 1. The minimum absolute atomic E-state index is 0.354. The van der Waals surface area contributed by atoms with Crippen LogP contribution < -0.4 is 4.74 Å². The zero-order valence-corrected chi connectivity index (χ0v) is 20.0. The zero-order chi connectivity index (χ0) is 24.2. The summed E-state index contributed by atoms with van der Waals surface area (Å²) < 4.78 is 10.4. The van der Waals surface area contributed by atoms with Crippen LogP contribution in [0.25, 0.3) is 44.2 Å². The summed E-state index contributed by atoms with van der Waals surface area (Å²) in [6.45, 7) is 4.45. The molecule has 0 unspecified atom stereocenters. The van der Waals surface area contributed by atoms with Gasteiger partial charge in [-0.2, -0.15) is 5.10 Å². The number of pyridine rings is 2. The van der Waals surface area contributed by atoms with Crippen molar-refractivity contribution in [2.75, 3.05) is 0 Å². The molecule has 0 radical (unpaired) electrons. The first kappa shape index (κ1) is 20.6. The lowest BCUT2D eigenvalue weighted by Gasteiger charge is -2.15. The Hall–Kier alpha value is -4.71. The van der Waals surface area contributed by atoms with Gasteiger partial charge in [0.2, 0.25) is 0 Å². The van der Waals surface area contributed by atoms with E-state index in [1.165, 1.54) is 5.56 Å². The Morgan fingerprint density at radius 2 is 1.69 bits per heavy atom. The monoisotopic (exact) mass is 469 g/mol. The molecule has 0 aliphatic carbocycles. The largest absolute Gasteiger partial charge is 0.456 e. The topological polar surface area (TPSA) is 57.2 Å². The van der Waals surface area contributed by atoms with Crippen LogP contribution in [0.1, 0.15) is 25.3 Å². The van der Waals surface area contributed by atoms with Gasteiger partial charge in [0.25, 0.3) is 0 Å². The Kier molecular flexibility index (Phi) is 4.54. The number of rotatable bonds is 4. The highest BCUT2D eigenvalue weighted by Gasteiger charge is 2.18. The van der Waals surface area contributed by atoms with Crippen molar-refractivity contribution in [1.29, 1.82) is 0 Å².